The first-order valence-corrected chi connectivity index (χ1v) is 33.6. The number of benzene rings is 1. The molecule has 15 rings (SSSR count). The number of carbonyl (C=O) groups excluding carboxylic acids is 14. The summed E-state index contributed by atoms with van der Waals surface area (Å²) in [5.41, 5.74) is 0. The Morgan fingerprint density at radius 2 is 0.914 bits per heavy atom. The first-order valence-electron chi connectivity index (χ1n) is 28.5. The van der Waals surface area contributed by atoms with Gasteiger partial charge in [0.1, 0.15) is 48.0 Å². The highest BCUT2D eigenvalue weighted by Crippen LogP contribution is 2.62. The van der Waals surface area contributed by atoms with Crippen LogP contribution in [-0.2, 0) is 81.3 Å². The van der Waals surface area contributed by atoms with Crippen LogP contribution in [-0.4, -0.2) is 129 Å². The van der Waals surface area contributed by atoms with E-state index in [1.165, 1.54) is 19.3 Å². The van der Waals surface area contributed by atoms with Gasteiger partial charge in [0.15, 0.2) is 0 Å². The molecule has 1 aromatic carbocycles. The lowest BCUT2D eigenvalue weighted by molar-refractivity contribution is -0.299. The second-order valence-electron chi connectivity index (χ2n) is 25.1. The van der Waals surface area contributed by atoms with Gasteiger partial charge in [-0.15, -0.1) is 0 Å². The molecule has 0 spiro atoms. The Morgan fingerprint density at radius 1 is 0.452 bits per heavy atom. The number of carboxylic acid groups (broad SMARTS) is 6. The molecule has 29 heteroatoms. The topological polar surface area (TPSA) is 405 Å². The molecule has 0 amide bonds. The molecule has 14 aliphatic rings. The van der Waals surface area contributed by atoms with Crippen molar-refractivity contribution in [2.24, 2.45) is 71.0 Å². The number of rotatable bonds is 5. The number of aliphatic carboxylic acids is 6. The van der Waals surface area contributed by atoms with E-state index in [0.29, 0.717) is 40.3 Å². The van der Waals surface area contributed by atoms with E-state index in [1.54, 1.807) is 51.1 Å². The number of thioether (sulfide) groups is 6. The lowest BCUT2D eigenvalue weighted by Gasteiger charge is -2.56. The van der Waals surface area contributed by atoms with Crippen LogP contribution in [0.25, 0.3) is 0 Å². The summed E-state index contributed by atoms with van der Waals surface area (Å²) in [7, 11) is 0. The van der Waals surface area contributed by atoms with Crippen LogP contribution >= 0.6 is 70.6 Å². The van der Waals surface area contributed by atoms with Crippen LogP contribution in [0.15, 0.2) is 35.2 Å². The molecule has 4 saturated heterocycles. The van der Waals surface area contributed by atoms with Crippen LogP contribution in [0.5, 0.6) is 0 Å². The molecule has 1 aromatic rings. The van der Waals surface area contributed by atoms with Gasteiger partial charge in [0.25, 0.3) is 0 Å². The molecule has 4 aliphatic heterocycles. The fraction of sp³-hybridized carbons (Fsp3) is 0.594. The van der Waals surface area contributed by atoms with Gasteiger partial charge in [-0.05, 0) is 167 Å². The Kier molecular flexibility index (Phi) is 31.2. The summed E-state index contributed by atoms with van der Waals surface area (Å²) < 4.78 is 15.8. The number of carboxylic acids is 6. The molecule has 0 radical (unpaired) electrons. The first-order chi connectivity index (χ1) is 40.9. The Labute approximate surface area is 569 Å². The number of carbonyl (C=O) groups is 14. The summed E-state index contributed by atoms with van der Waals surface area (Å²) >= 11 is 4.93. The zero-order valence-electron chi connectivity index (χ0n) is 53.2. The number of ether oxygens (including phenoxy) is 3. The van der Waals surface area contributed by atoms with E-state index in [-0.39, 0.29) is 130 Å². The van der Waals surface area contributed by atoms with Crippen LogP contribution in [0.4, 0.5) is 0 Å². The molecule has 510 valence electrons. The SMILES string of the molecule is CC(C)(C)SC(=O)C(=O)[O-].O=C([O-])C(=O)SC12CC3CC(CC(C3)C1)C2.O=C([O-])C(=O)SC1C2CC3C(=O)OC1C3C2.O=C([O-])C(=O)SC1C2CC3CC(C2)C(=O)OC1C3.O=C([O-])C(=O)SC1C2CC3COC1C3C2.O=C([O-])C(=O)Sc1ccccc1.[CH3+].[CH3+].[CH3+].[CH3+].[CH3+].[CH3+]. The molecular weight excluding hydrogens is 1330 g/mol. The number of fused-ring (bicyclic) bond motifs is 3. The minimum Gasteiger partial charge on any atom is -0.541 e. The van der Waals surface area contributed by atoms with Crippen LogP contribution in [0.1, 0.15) is 111 Å². The van der Waals surface area contributed by atoms with Crippen molar-refractivity contribution in [2.75, 3.05) is 6.61 Å². The quantitative estimate of drug-likeness (QED) is 0.175. The minimum atomic E-state index is -1.67. The van der Waals surface area contributed by atoms with Gasteiger partial charge in [-0.1, -0.05) is 97.8 Å². The standard InChI is InChI=1S/C12H14O5S.C12H16O3S.C10H10O5S.C10H12O4S.C8H6O3S.C6H10O3S.6CH3/c13-10(14)12(16)18-9-6-1-5-2-7(4-6)11(15)17-8(9)3-5;13-10(14)11(15)16-12-4-7-1-8(5-12)3-9(2-7)6-12;11-8(12)10(14)16-7-3-1-4-5(2-3)9(13)15-6(4)7;11-9(12)10(13)15-8-4-1-5-3-14-7(8)6(5)2-4;9-7(10)8(11)12-6-4-2-1-3-5-6;1-6(2,3)10-5(9)4(7)8;;;;;;/h5-9H,1-4H2,(H,13,14);7-9H,1-6H2,(H,13,14);3-7H,1-2H2,(H,11,12);4-8H,1-3H2,(H,11,12);1-5H,(H,9,10);1-3H3,(H,7,8);6*1H3/q;;;;;;6*+1/p-6. The lowest BCUT2D eigenvalue weighted by atomic mass is 9.56. The maximum Gasteiger partial charge on any atom is 0.309 e. The van der Waals surface area contributed by atoms with Crippen molar-refractivity contribution in [3.8, 4) is 0 Å². The summed E-state index contributed by atoms with van der Waals surface area (Å²) in [5, 5.41) is 56.0. The highest BCUT2D eigenvalue weighted by molar-refractivity contribution is 8.17. The van der Waals surface area contributed by atoms with Crippen molar-refractivity contribution in [3.05, 3.63) is 74.9 Å². The highest BCUT2D eigenvalue weighted by atomic mass is 32.2. The third-order valence-corrected chi connectivity index (χ3v) is 25.2. The Balaban J connectivity index is 0.000000379. The van der Waals surface area contributed by atoms with E-state index in [2.05, 4.69) is 0 Å². The Morgan fingerprint density at radius 3 is 1.40 bits per heavy atom. The third-order valence-electron chi connectivity index (χ3n) is 18.1. The molecule has 12 bridgehead atoms. The number of esters is 2. The lowest BCUT2D eigenvalue weighted by Crippen LogP contribution is -2.49. The van der Waals surface area contributed by atoms with E-state index >= 15 is 0 Å². The monoisotopic (exact) mass is 1410 g/mol. The van der Waals surface area contributed by atoms with Crippen molar-refractivity contribution >= 4 is 149 Å². The smallest absolute Gasteiger partial charge is 0.309 e. The maximum absolute atomic E-state index is 11.8. The van der Waals surface area contributed by atoms with Gasteiger partial charge >= 0.3 is 11.9 Å². The third kappa shape index (κ3) is 20.6. The fourth-order valence-electron chi connectivity index (χ4n) is 15.6. The summed E-state index contributed by atoms with van der Waals surface area (Å²) in [6, 6.07) is 8.56. The number of hydrogen-bond acceptors (Lipinski definition) is 29. The zero-order chi connectivity index (χ0) is 63.6. The summed E-state index contributed by atoms with van der Waals surface area (Å²) in [5.74, 6) is -5.08. The number of hydrogen-bond donors (Lipinski definition) is 0. The summed E-state index contributed by atoms with van der Waals surface area (Å²) in [4.78, 5) is 151. The van der Waals surface area contributed by atoms with Gasteiger partial charge in [-0.3, -0.25) is 38.4 Å². The van der Waals surface area contributed by atoms with Crippen molar-refractivity contribution in [1.29, 1.82) is 0 Å². The van der Waals surface area contributed by atoms with Crippen LogP contribution in [0, 0.1) is 116 Å². The van der Waals surface area contributed by atoms with E-state index < -0.39 is 66.5 Å². The van der Waals surface area contributed by atoms with Crippen molar-refractivity contribution in [3.63, 3.8) is 0 Å². The Bertz CT molecular complexity index is 2900. The molecule has 10 aliphatic carbocycles. The molecule has 15 unspecified atom stereocenters. The molecule has 23 nitrogen and oxygen atoms in total. The molecule has 15 atom stereocenters. The second-order valence-corrected chi connectivity index (χ2v) is 32.9. The van der Waals surface area contributed by atoms with Gasteiger partial charge in [0.05, 0.1) is 35.0 Å². The normalized spacial score (nSPS) is 33.0. The predicted molar refractivity (Wildman–Crippen MR) is 339 cm³/mol. The van der Waals surface area contributed by atoms with Gasteiger partial charge in [0.2, 0.25) is 30.7 Å². The van der Waals surface area contributed by atoms with E-state index in [4.69, 9.17) is 14.2 Å². The largest absolute Gasteiger partial charge is 0.541 e. The molecule has 14 fully saturated rings. The van der Waals surface area contributed by atoms with Gasteiger partial charge < -0.3 is 73.6 Å². The predicted octanol–water partition coefficient (Wildman–Crippen LogP) is 1.61. The average molecular weight is 1410 g/mol. The maximum atomic E-state index is 11.8. The van der Waals surface area contributed by atoms with Gasteiger partial charge in [-0.25, -0.2) is 0 Å². The minimum absolute atomic E-state index is 0. The molecule has 0 N–H and O–H groups in total. The van der Waals surface area contributed by atoms with E-state index in [9.17, 15) is 97.8 Å². The van der Waals surface area contributed by atoms with Gasteiger partial charge in [-0.2, -0.15) is 0 Å². The van der Waals surface area contributed by atoms with Crippen LogP contribution < -0.4 is 30.6 Å². The van der Waals surface area contributed by atoms with E-state index in [0.717, 1.165) is 154 Å². The average Bonchev–Trinajstić information content (AvgIpc) is 1.71. The van der Waals surface area contributed by atoms with Crippen molar-refractivity contribution in [2.45, 2.75) is 159 Å². The molecular formula is C64H80O23S6. The van der Waals surface area contributed by atoms with E-state index in [1.807, 2.05) is 0 Å². The molecule has 93 heavy (non-hydrogen) atoms. The molecule has 0 aromatic heterocycles. The molecule has 4 heterocycles. The van der Waals surface area contributed by atoms with Crippen molar-refractivity contribution in [1.82, 2.24) is 0 Å². The van der Waals surface area contributed by atoms with Crippen LogP contribution in [0.3, 0.4) is 0 Å². The first kappa shape index (κ1) is 83.4. The Hall–Kier alpha value is -5.72. The summed E-state index contributed by atoms with van der Waals surface area (Å²) in [6.45, 7) is 6.08. The van der Waals surface area contributed by atoms with Crippen LogP contribution in [0.2, 0.25) is 0 Å². The molecule has 10 saturated carbocycles. The van der Waals surface area contributed by atoms with Crippen molar-refractivity contribution < 1.29 is 112 Å². The van der Waals surface area contributed by atoms with Gasteiger partial charge in [0, 0.05) is 70.1 Å². The zero-order valence-corrected chi connectivity index (χ0v) is 58.1. The fourth-order valence-corrected chi connectivity index (χ4v) is 21.6. The summed E-state index contributed by atoms with van der Waals surface area (Å²) in [6.07, 6.45) is 13.8. The highest BCUT2D eigenvalue weighted by Gasteiger charge is 2.63. The second kappa shape index (κ2) is 34.8.